The van der Waals surface area contributed by atoms with Crippen LogP contribution in [0, 0.1) is 0 Å². The van der Waals surface area contributed by atoms with Crippen LogP contribution in [0.2, 0.25) is 0 Å². The van der Waals surface area contributed by atoms with Gasteiger partial charge in [-0.25, -0.2) is 0 Å². The minimum absolute atomic E-state index is 0.0225. The van der Waals surface area contributed by atoms with Crippen molar-refractivity contribution in [2.24, 2.45) is 0 Å². The van der Waals surface area contributed by atoms with Crippen LogP contribution in [-0.2, 0) is 12.8 Å². The van der Waals surface area contributed by atoms with Gasteiger partial charge in [0.15, 0.2) is 23.0 Å². The smallest absolute Gasteiger partial charge is 0.168 e. The van der Waals surface area contributed by atoms with Crippen LogP contribution in [0.1, 0.15) is 17.5 Å². The van der Waals surface area contributed by atoms with Crippen LogP contribution in [0.4, 0.5) is 0 Å². The first-order chi connectivity index (χ1) is 17.9. The Balaban J connectivity index is 1.56. The van der Waals surface area contributed by atoms with Crippen molar-refractivity contribution < 1.29 is 29.9 Å². The summed E-state index contributed by atoms with van der Waals surface area (Å²) in [5.41, 5.74) is 4.76. The van der Waals surface area contributed by atoms with E-state index in [9.17, 15) is 20.4 Å². The van der Waals surface area contributed by atoms with E-state index < -0.39 is 12.2 Å². The predicted octanol–water partition coefficient (Wildman–Crippen LogP) is 5.35. The van der Waals surface area contributed by atoms with Crippen molar-refractivity contribution in [1.29, 1.82) is 0 Å². The van der Waals surface area contributed by atoms with E-state index in [1.54, 1.807) is 24.3 Å². The molecule has 0 radical (unpaired) electrons. The van der Waals surface area contributed by atoms with Crippen LogP contribution in [0.25, 0.3) is 22.3 Å². The van der Waals surface area contributed by atoms with Gasteiger partial charge in [0.2, 0.25) is 0 Å². The number of aliphatic hydroxyl groups is 2. The van der Waals surface area contributed by atoms with Gasteiger partial charge in [0.05, 0.1) is 26.4 Å². The number of methoxy groups -OCH3 is 2. The van der Waals surface area contributed by atoms with Crippen LogP contribution < -0.4 is 9.47 Å². The first-order valence-corrected chi connectivity index (χ1v) is 12.2. The largest absolute Gasteiger partial charge is 0.504 e. The van der Waals surface area contributed by atoms with Crippen molar-refractivity contribution in [2.45, 2.75) is 31.5 Å². The summed E-state index contributed by atoms with van der Waals surface area (Å²) in [4.78, 5) is 0. The lowest BCUT2D eigenvalue weighted by atomic mass is 9.90. The zero-order valence-electron chi connectivity index (χ0n) is 21.0. The van der Waals surface area contributed by atoms with Crippen molar-refractivity contribution >= 4 is 0 Å². The van der Waals surface area contributed by atoms with Crippen molar-refractivity contribution in [3.63, 3.8) is 0 Å². The van der Waals surface area contributed by atoms with Gasteiger partial charge in [-0.3, -0.25) is 0 Å². The molecule has 4 aromatic rings. The standard InChI is InChI=1S/C31H32O6/c1-36-30-26(34)15-13-22(28(30)20-9-5-3-6-10-20)17-24(32)19-25(33)18-23-14-16-27(35)31(37-2)29(23)21-11-7-4-8-12-21/h3-16,24-25,32-35H,17-19H2,1-2H3. The fraction of sp³-hybridized carbons (Fsp3) is 0.226. The lowest BCUT2D eigenvalue weighted by Gasteiger charge is -2.21. The van der Waals surface area contributed by atoms with E-state index in [2.05, 4.69) is 0 Å². The van der Waals surface area contributed by atoms with Gasteiger partial charge in [0.25, 0.3) is 0 Å². The minimum atomic E-state index is -0.842. The van der Waals surface area contributed by atoms with Gasteiger partial charge < -0.3 is 29.9 Å². The number of aliphatic hydroxyl groups excluding tert-OH is 2. The third kappa shape index (κ3) is 5.88. The Morgan fingerprint density at radius 1 is 0.568 bits per heavy atom. The monoisotopic (exact) mass is 500 g/mol. The van der Waals surface area contributed by atoms with E-state index >= 15 is 0 Å². The highest BCUT2D eigenvalue weighted by Crippen LogP contribution is 2.42. The molecule has 0 aliphatic carbocycles. The Kier molecular flexibility index (Phi) is 8.33. The van der Waals surface area contributed by atoms with Gasteiger partial charge in [-0.15, -0.1) is 0 Å². The summed E-state index contributed by atoms with van der Waals surface area (Å²) in [6, 6.07) is 25.8. The lowest BCUT2D eigenvalue weighted by molar-refractivity contribution is 0.0811. The third-order valence-electron chi connectivity index (χ3n) is 6.43. The summed E-state index contributed by atoms with van der Waals surface area (Å²) >= 11 is 0. The molecule has 0 saturated heterocycles. The summed E-state index contributed by atoms with van der Waals surface area (Å²) in [6.45, 7) is 0. The average molecular weight is 501 g/mol. The Morgan fingerprint density at radius 2 is 0.946 bits per heavy atom. The molecule has 0 aliphatic rings. The SMILES string of the molecule is COc1c(O)ccc(CC(O)CC(O)Cc2ccc(O)c(OC)c2-c2ccccc2)c1-c1ccccc1. The molecule has 4 rings (SSSR count). The molecule has 2 unspecified atom stereocenters. The highest BCUT2D eigenvalue weighted by Gasteiger charge is 2.22. The van der Waals surface area contributed by atoms with Gasteiger partial charge in [-0.05, 0) is 53.6 Å². The summed E-state index contributed by atoms with van der Waals surface area (Å²) in [5, 5.41) is 42.6. The first-order valence-electron chi connectivity index (χ1n) is 12.2. The van der Waals surface area contributed by atoms with Gasteiger partial charge in [-0.2, -0.15) is 0 Å². The van der Waals surface area contributed by atoms with Gasteiger partial charge in [0, 0.05) is 11.1 Å². The van der Waals surface area contributed by atoms with Crippen LogP contribution in [-0.4, -0.2) is 46.9 Å². The van der Waals surface area contributed by atoms with Crippen LogP contribution in [0.5, 0.6) is 23.0 Å². The molecule has 6 nitrogen and oxygen atoms in total. The molecule has 0 fully saturated rings. The molecule has 37 heavy (non-hydrogen) atoms. The number of hydrogen-bond donors (Lipinski definition) is 4. The number of ether oxygens (including phenoxy) is 2. The highest BCUT2D eigenvalue weighted by molar-refractivity contribution is 5.78. The molecule has 0 heterocycles. The quantitative estimate of drug-likeness (QED) is 0.234. The van der Waals surface area contributed by atoms with E-state index in [-0.39, 0.29) is 30.8 Å². The van der Waals surface area contributed by atoms with Gasteiger partial charge in [-0.1, -0.05) is 72.8 Å². The molecule has 0 saturated carbocycles. The maximum Gasteiger partial charge on any atom is 0.168 e. The number of aromatic hydroxyl groups is 2. The van der Waals surface area contributed by atoms with E-state index in [0.29, 0.717) is 22.6 Å². The first kappa shape index (κ1) is 26.1. The average Bonchev–Trinajstić information content (AvgIpc) is 2.91. The molecule has 0 bridgehead atoms. The molecule has 0 amide bonds. The van der Waals surface area contributed by atoms with E-state index in [1.165, 1.54) is 14.2 Å². The number of phenols is 2. The maximum absolute atomic E-state index is 11.0. The van der Waals surface area contributed by atoms with Crippen molar-refractivity contribution in [1.82, 2.24) is 0 Å². The van der Waals surface area contributed by atoms with Crippen molar-refractivity contribution in [2.75, 3.05) is 14.2 Å². The van der Waals surface area contributed by atoms with E-state index in [0.717, 1.165) is 22.3 Å². The van der Waals surface area contributed by atoms with Crippen LogP contribution >= 0.6 is 0 Å². The number of hydrogen-bond acceptors (Lipinski definition) is 6. The number of benzene rings is 4. The summed E-state index contributed by atoms with van der Waals surface area (Å²) in [7, 11) is 3.00. The molecule has 6 heteroatoms. The molecule has 4 N–H and O–H groups in total. The summed E-state index contributed by atoms with van der Waals surface area (Å²) < 4.78 is 11.0. The molecular formula is C31H32O6. The second-order valence-electron chi connectivity index (χ2n) is 8.99. The zero-order chi connectivity index (χ0) is 26.4. The van der Waals surface area contributed by atoms with Crippen molar-refractivity contribution in [3.8, 4) is 45.3 Å². The van der Waals surface area contributed by atoms with Crippen LogP contribution in [0.3, 0.4) is 0 Å². The molecule has 0 aromatic heterocycles. The molecule has 0 aliphatic heterocycles. The van der Waals surface area contributed by atoms with Crippen LogP contribution in [0.15, 0.2) is 84.9 Å². The topological polar surface area (TPSA) is 99.4 Å². The number of rotatable bonds is 10. The fourth-order valence-corrected chi connectivity index (χ4v) is 4.81. The Bertz CT molecular complexity index is 1220. The second kappa shape index (κ2) is 11.8. The molecule has 192 valence electrons. The van der Waals surface area contributed by atoms with Crippen molar-refractivity contribution in [3.05, 3.63) is 96.1 Å². The summed E-state index contributed by atoms with van der Waals surface area (Å²) in [6.07, 6.45) is -1.02. The lowest BCUT2D eigenvalue weighted by Crippen LogP contribution is -2.22. The Morgan fingerprint density at radius 3 is 1.30 bits per heavy atom. The van der Waals surface area contributed by atoms with E-state index in [4.69, 9.17) is 9.47 Å². The zero-order valence-corrected chi connectivity index (χ0v) is 21.0. The Labute approximate surface area is 217 Å². The van der Waals surface area contributed by atoms with Gasteiger partial charge >= 0.3 is 0 Å². The molecule has 4 aromatic carbocycles. The third-order valence-corrected chi connectivity index (χ3v) is 6.43. The predicted molar refractivity (Wildman–Crippen MR) is 144 cm³/mol. The molecular weight excluding hydrogens is 468 g/mol. The summed E-state index contributed by atoms with van der Waals surface area (Å²) in [5.74, 6) is 0.740. The molecule has 0 spiro atoms. The fourth-order valence-electron chi connectivity index (χ4n) is 4.81. The second-order valence-corrected chi connectivity index (χ2v) is 8.99. The number of phenolic OH excluding ortho intramolecular Hbond substituents is 2. The maximum atomic E-state index is 11.0. The highest BCUT2D eigenvalue weighted by atomic mass is 16.5. The minimum Gasteiger partial charge on any atom is -0.504 e. The van der Waals surface area contributed by atoms with E-state index in [1.807, 2.05) is 60.7 Å². The normalized spacial score (nSPS) is 12.6. The van der Waals surface area contributed by atoms with Gasteiger partial charge in [0.1, 0.15) is 0 Å². The Hall–Kier alpha value is -4.00. The molecule has 2 atom stereocenters.